The van der Waals surface area contributed by atoms with Crippen molar-refractivity contribution in [1.82, 2.24) is 0 Å². The predicted octanol–water partition coefficient (Wildman–Crippen LogP) is 5.55. The van der Waals surface area contributed by atoms with Crippen LogP contribution in [0.1, 0.15) is 105 Å². The fourth-order valence-electron chi connectivity index (χ4n) is 9.34. The Hall–Kier alpha value is -0.120. The van der Waals surface area contributed by atoms with Crippen LogP contribution in [0.5, 0.6) is 0 Å². The van der Waals surface area contributed by atoms with E-state index in [1.54, 1.807) is 0 Å². The Labute approximate surface area is 185 Å². The lowest BCUT2D eigenvalue weighted by Gasteiger charge is -2.62. The summed E-state index contributed by atoms with van der Waals surface area (Å²) in [6.45, 7) is 11.6. The fourth-order valence-corrected chi connectivity index (χ4v) is 9.34. The molecule has 0 spiro atoms. The first kappa shape index (κ1) is 23.1. The Kier molecular flexibility index (Phi) is 6.17. The summed E-state index contributed by atoms with van der Waals surface area (Å²) in [7, 11) is 0. The Morgan fingerprint density at radius 2 is 1.57 bits per heavy atom. The number of hydrogen-bond donors (Lipinski definition) is 3. The minimum absolute atomic E-state index is 0.181. The van der Waals surface area contributed by atoms with Gasteiger partial charge in [0.05, 0.1) is 17.8 Å². The van der Waals surface area contributed by atoms with Crippen LogP contribution < -0.4 is 0 Å². The minimum Gasteiger partial charge on any atom is -0.393 e. The van der Waals surface area contributed by atoms with E-state index in [2.05, 4.69) is 34.6 Å². The highest BCUT2D eigenvalue weighted by atomic mass is 16.3. The average molecular weight is 421 g/mol. The molecule has 3 N–H and O–H groups in total. The zero-order valence-electron chi connectivity index (χ0n) is 20.2. The average Bonchev–Trinajstić information content (AvgIpc) is 3.01. The molecule has 0 aliphatic heterocycles. The van der Waals surface area contributed by atoms with Crippen LogP contribution in [-0.4, -0.2) is 33.1 Å². The molecule has 0 amide bonds. The summed E-state index contributed by atoms with van der Waals surface area (Å²) < 4.78 is 0. The van der Waals surface area contributed by atoms with E-state index in [4.69, 9.17) is 0 Å². The van der Waals surface area contributed by atoms with Gasteiger partial charge in [0.1, 0.15) is 0 Å². The maximum atomic E-state index is 11.6. The fraction of sp³-hybridized carbons (Fsp3) is 1.00. The van der Waals surface area contributed by atoms with Gasteiger partial charge in [0.25, 0.3) is 0 Å². The summed E-state index contributed by atoms with van der Waals surface area (Å²) in [4.78, 5) is 0. The van der Waals surface area contributed by atoms with E-state index in [-0.39, 0.29) is 29.0 Å². The molecule has 4 fully saturated rings. The van der Waals surface area contributed by atoms with Gasteiger partial charge in [0.2, 0.25) is 0 Å². The first-order chi connectivity index (χ1) is 14.0. The van der Waals surface area contributed by atoms with Crippen LogP contribution in [0.25, 0.3) is 0 Å². The Morgan fingerprint density at radius 1 is 0.900 bits per heavy atom. The Morgan fingerprint density at radius 3 is 2.27 bits per heavy atom. The summed E-state index contributed by atoms with van der Waals surface area (Å²) >= 11 is 0. The van der Waals surface area contributed by atoms with Crippen molar-refractivity contribution in [2.24, 2.45) is 46.3 Å². The third-order valence-corrected chi connectivity index (χ3v) is 10.9. The Bertz CT molecular complexity index is 615. The van der Waals surface area contributed by atoms with Crippen molar-refractivity contribution in [3.8, 4) is 0 Å². The highest BCUT2D eigenvalue weighted by Gasteiger charge is 2.63. The molecule has 4 rings (SSSR count). The SMILES string of the molecule is CC(C)CCC[C@](C)(O)C1CCC2C3C[C@H](O)C4C[C@@H](O)CC[C@]4(C)C3CC[C@@]21C. The van der Waals surface area contributed by atoms with Crippen molar-refractivity contribution in [2.45, 2.75) is 123 Å². The van der Waals surface area contributed by atoms with E-state index in [9.17, 15) is 15.3 Å². The number of fused-ring (bicyclic) bond motifs is 5. The lowest BCUT2D eigenvalue weighted by Crippen LogP contribution is -2.59. The molecule has 10 atom stereocenters. The van der Waals surface area contributed by atoms with Crippen LogP contribution in [0.2, 0.25) is 0 Å². The number of hydrogen-bond acceptors (Lipinski definition) is 3. The number of aliphatic hydroxyl groups is 3. The monoisotopic (exact) mass is 420 g/mol. The van der Waals surface area contributed by atoms with E-state index in [1.165, 1.54) is 25.7 Å². The van der Waals surface area contributed by atoms with Crippen molar-refractivity contribution in [3.63, 3.8) is 0 Å². The Balaban J connectivity index is 1.53. The van der Waals surface area contributed by atoms with Gasteiger partial charge in [-0.15, -0.1) is 0 Å². The molecule has 0 aromatic carbocycles. The van der Waals surface area contributed by atoms with Crippen molar-refractivity contribution in [1.29, 1.82) is 0 Å². The second kappa shape index (κ2) is 8.03. The third kappa shape index (κ3) is 3.69. The molecule has 0 aromatic rings. The van der Waals surface area contributed by atoms with Crippen LogP contribution >= 0.6 is 0 Å². The topological polar surface area (TPSA) is 60.7 Å². The van der Waals surface area contributed by atoms with Gasteiger partial charge in [0, 0.05) is 0 Å². The van der Waals surface area contributed by atoms with Gasteiger partial charge in [-0.2, -0.15) is 0 Å². The molecule has 3 heteroatoms. The molecule has 0 saturated heterocycles. The van der Waals surface area contributed by atoms with Gasteiger partial charge >= 0.3 is 0 Å². The van der Waals surface area contributed by atoms with Crippen molar-refractivity contribution in [3.05, 3.63) is 0 Å². The van der Waals surface area contributed by atoms with E-state index >= 15 is 0 Å². The summed E-state index contributed by atoms with van der Waals surface area (Å²) in [6, 6.07) is 0. The molecular formula is C27H48O3. The van der Waals surface area contributed by atoms with Crippen molar-refractivity contribution < 1.29 is 15.3 Å². The number of rotatable bonds is 5. The van der Waals surface area contributed by atoms with E-state index in [0.29, 0.717) is 29.6 Å². The maximum absolute atomic E-state index is 11.6. The maximum Gasteiger partial charge on any atom is 0.0653 e. The van der Waals surface area contributed by atoms with Crippen LogP contribution in [-0.2, 0) is 0 Å². The minimum atomic E-state index is -0.570. The van der Waals surface area contributed by atoms with Gasteiger partial charge in [-0.1, -0.05) is 40.5 Å². The molecule has 0 aromatic heterocycles. The molecule has 4 saturated carbocycles. The molecule has 4 aliphatic carbocycles. The second-order valence-corrected chi connectivity index (χ2v) is 13.0. The largest absolute Gasteiger partial charge is 0.393 e. The lowest BCUT2D eigenvalue weighted by molar-refractivity contribution is -0.179. The highest BCUT2D eigenvalue weighted by molar-refractivity contribution is 5.13. The van der Waals surface area contributed by atoms with E-state index in [1.807, 2.05) is 0 Å². The van der Waals surface area contributed by atoms with E-state index in [0.717, 1.165) is 44.9 Å². The van der Waals surface area contributed by atoms with Crippen LogP contribution in [0.15, 0.2) is 0 Å². The molecule has 0 bridgehead atoms. The van der Waals surface area contributed by atoms with Gasteiger partial charge < -0.3 is 15.3 Å². The second-order valence-electron chi connectivity index (χ2n) is 13.0. The molecule has 5 unspecified atom stereocenters. The molecular weight excluding hydrogens is 372 g/mol. The van der Waals surface area contributed by atoms with Gasteiger partial charge in [-0.05, 0) is 111 Å². The normalized spacial score (nSPS) is 50.5. The van der Waals surface area contributed by atoms with Crippen LogP contribution in [0.3, 0.4) is 0 Å². The summed E-state index contributed by atoms with van der Waals surface area (Å²) in [5, 5.41) is 33.0. The molecule has 3 nitrogen and oxygen atoms in total. The van der Waals surface area contributed by atoms with Gasteiger partial charge in [-0.3, -0.25) is 0 Å². The zero-order valence-corrected chi connectivity index (χ0v) is 20.2. The van der Waals surface area contributed by atoms with E-state index < -0.39 is 5.60 Å². The molecule has 174 valence electrons. The first-order valence-electron chi connectivity index (χ1n) is 13.1. The summed E-state index contributed by atoms with van der Waals surface area (Å²) in [5.41, 5.74) is -0.180. The molecule has 0 radical (unpaired) electrons. The highest BCUT2D eigenvalue weighted by Crippen LogP contribution is 2.68. The summed E-state index contributed by atoms with van der Waals surface area (Å²) in [6.07, 6.45) is 11.3. The standard InChI is InChI=1S/C27H48O3/c1-17(2)7-6-12-27(5,30)24-9-8-20-19-16-23(29)22-15-18(28)10-13-25(22,3)21(19)11-14-26(20,24)4/h17-24,28-30H,6-16H2,1-5H3/t18-,19?,20?,21?,22?,23-,24?,25+,26-,27-/m0/s1. The zero-order chi connectivity index (χ0) is 21.9. The molecule has 0 heterocycles. The van der Waals surface area contributed by atoms with Crippen molar-refractivity contribution in [2.75, 3.05) is 0 Å². The van der Waals surface area contributed by atoms with Gasteiger partial charge in [0.15, 0.2) is 0 Å². The van der Waals surface area contributed by atoms with Crippen LogP contribution in [0, 0.1) is 46.3 Å². The first-order valence-corrected chi connectivity index (χ1v) is 13.1. The molecule has 4 aliphatic rings. The quantitative estimate of drug-likeness (QED) is 0.546. The lowest BCUT2D eigenvalue weighted by atomic mass is 9.43. The molecule has 30 heavy (non-hydrogen) atoms. The van der Waals surface area contributed by atoms with Gasteiger partial charge in [-0.25, -0.2) is 0 Å². The predicted molar refractivity (Wildman–Crippen MR) is 122 cm³/mol. The number of aliphatic hydroxyl groups excluding tert-OH is 2. The van der Waals surface area contributed by atoms with Crippen molar-refractivity contribution >= 4 is 0 Å². The third-order valence-electron chi connectivity index (χ3n) is 10.9. The summed E-state index contributed by atoms with van der Waals surface area (Å²) in [5.74, 6) is 3.27. The smallest absolute Gasteiger partial charge is 0.0653 e. The van der Waals surface area contributed by atoms with Crippen LogP contribution in [0.4, 0.5) is 0 Å².